The molecule has 1 saturated heterocycles. The van der Waals surface area contributed by atoms with Crippen molar-refractivity contribution < 1.29 is 42.7 Å². The fourth-order valence-corrected chi connectivity index (χ4v) is 6.24. The zero-order chi connectivity index (χ0) is 37.3. The van der Waals surface area contributed by atoms with Gasteiger partial charge in [0.1, 0.15) is 6.61 Å². The minimum atomic E-state index is -4.77. The lowest BCUT2D eigenvalue weighted by molar-refractivity contribution is -0.161. The number of epoxide rings is 1. The van der Waals surface area contributed by atoms with Gasteiger partial charge in [0, 0.05) is 12.8 Å². The molecule has 1 heterocycles. The molecule has 9 nitrogen and oxygen atoms in total. The van der Waals surface area contributed by atoms with Gasteiger partial charge in [0.15, 0.2) is 6.10 Å². The Morgan fingerprint density at radius 2 is 1.08 bits per heavy atom. The van der Waals surface area contributed by atoms with Gasteiger partial charge in [-0.25, -0.2) is 4.57 Å². The predicted molar refractivity (Wildman–Crippen MR) is 206 cm³/mol. The Balaban J connectivity index is 2.11. The van der Waals surface area contributed by atoms with E-state index in [0.29, 0.717) is 25.0 Å². The summed E-state index contributed by atoms with van der Waals surface area (Å²) in [5.41, 5.74) is 0. The maximum absolute atomic E-state index is 12.4. The van der Waals surface area contributed by atoms with Gasteiger partial charge in [-0.2, -0.15) is 0 Å². The molecule has 2 unspecified atom stereocenters. The summed E-state index contributed by atoms with van der Waals surface area (Å²) in [7, 11) is -4.77. The van der Waals surface area contributed by atoms with Crippen LogP contribution in [0.4, 0.5) is 0 Å². The molecule has 0 saturated carbocycles. The summed E-state index contributed by atoms with van der Waals surface area (Å²) >= 11 is 0. The number of hydrogen-bond donors (Lipinski definition) is 2. The van der Waals surface area contributed by atoms with Gasteiger partial charge in [0.05, 0.1) is 18.8 Å². The number of hydrogen-bond acceptors (Lipinski definition) is 7. The van der Waals surface area contributed by atoms with Crippen LogP contribution in [0.5, 0.6) is 0 Å². The molecule has 10 heteroatoms. The number of unbranched alkanes of at least 4 members (excludes halogenated alkanes) is 18. The molecule has 2 N–H and O–H groups in total. The minimum absolute atomic E-state index is 0.187. The molecule has 0 aromatic heterocycles. The Hall–Kier alpha value is -1.77. The van der Waals surface area contributed by atoms with E-state index in [9.17, 15) is 14.2 Å². The van der Waals surface area contributed by atoms with Crippen LogP contribution in [0, 0.1) is 0 Å². The third-order valence-corrected chi connectivity index (χ3v) is 9.55. The first-order valence-electron chi connectivity index (χ1n) is 20.4. The van der Waals surface area contributed by atoms with Gasteiger partial charge in [-0.1, -0.05) is 153 Å². The Morgan fingerprint density at radius 3 is 1.67 bits per heavy atom. The van der Waals surface area contributed by atoms with Crippen LogP contribution in [0.2, 0.25) is 0 Å². The molecule has 51 heavy (non-hydrogen) atoms. The largest absolute Gasteiger partial charge is 0.469 e. The molecule has 0 spiro atoms. The molecule has 0 bridgehead atoms. The topological polar surface area (TPSA) is 132 Å². The maximum atomic E-state index is 12.4. The van der Waals surface area contributed by atoms with Gasteiger partial charge in [-0.05, 0) is 51.4 Å². The van der Waals surface area contributed by atoms with E-state index < -0.39 is 32.5 Å². The second-order valence-electron chi connectivity index (χ2n) is 14.0. The molecular weight excluding hydrogens is 667 g/mol. The zero-order valence-electron chi connectivity index (χ0n) is 32.2. The van der Waals surface area contributed by atoms with E-state index in [1.165, 1.54) is 89.9 Å². The van der Waals surface area contributed by atoms with Crippen molar-refractivity contribution in [2.24, 2.45) is 0 Å². The Labute approximate surface area is 310 Å². The van der Waals surface area contributed by atoms with Crippen LogP contribution >= 0.6 is 7.82 Å². The molecule has 0 amide bonds. The number of rotatable bonds is 36. The molecular formula is C41H73O9P. The molecule has 1 rings (SSSR count). The van der Waals surface area contributed by atoms with Crippen molar-refractivity contribution >= 4 is 19.8 Å². The second kappa shape index (κ2) is 32.8. The summed E-state index contributed by atoms with van der Waals surface area (Å²) in [6, 6.07) is 0. The molecule has 0 aromatic carbocycles. The van der Waals surface area contributed by atoms with Crippen molar-refractivity contribution in [2.45, 2.75) is 199 Å². The van der Waals surface area contributed by atoms with Crippen molar-refractivity contribution in [3.05, 3.63) is 36.5 Å². The smallest absolute Gasteiger partial charge is 0.462 e. The van der Waals surface area contributed by atoms with E-state index in [2.05, 4.69) is 48.8 Å². The quantitative estimate of drug-likeness (QED) is 0.0212. The average molecular weight is 741 g/mol. The van der Waals surface area contributed by atoms with Gasteiger partial charge in [-0.3, -0.25) is 14.1 Å². The van der Waals surface area contributed by atoms with Crippen molar-refractivity contribution in [1.29, 1.82) is 0 Å². The molecule has 0 radical (unpaired) electrons. The first-order valence-corrected chi connectivity index (χ1v) is 21.9. The first-order chi connectivity index (χ1) is 24.7. The van der Waals surface area contributed by atoms with Crippen LogP contribution in [-0.4, -0.2) is 53.3 Å². The lowest BCUT2D eigenvalue weighted by atomic mass is 10.0. The lowest BCUT2D eigenvalue weighted by Gasteiger charge is -2.18. The van der Waals surface area contributed by atoms with Crippen LogP contribution in [-0.2, 0) is 32.9 Å². The third kappa shape index (κ3) is 32.6. The highest BCUT2D eigenvalue weighted by atomic mass is 31.2. The Kier molecular flexibility index (Phi) is 30.4. The highest BCUT2D eigenvalue weighted by Gasteiger charge is 2.36. The number of phosphoric ester groups is 1. The number of carbonyl (C=O) groups excluding carboxylic acids is 2. The van der Waals surface area contributed by atoms with Gasteiger partial charge in [0.25, 0.3) is 0 Å². The summed E-state index contributed by atoms with van der Waals surface area (Å²) in [6.07, 6.45) is 40.4. The summed E-state index contributed by atoms with van der Waals surface area (Å²) in [6.45, 7) is 3.60. The van der Waals surface area contributed by atoms with Gasteiger partial charge < -0.3 is 24.0 Å². The first kappa shape index (κ1) is 47.3. The van der Waals surface area contributed by atoms with Gasteiger partial charge in [0.2, 0.25) is 0 Å². The molecule has 1 fully saturated rings. The van der Waals surface area contributed by atoms with Crippen molar-refractivity contribution in [3.63, 3.8) is 0 Å². The van der Waals surface area contributed by atoms with Crippen LogP contribution in [0.25, 0.3) is 0 Å². The van der Waals surface area contributed by atoms with Crippen LogP contribution in [0.3, 0.4) is 0 Å². The average Bonchev–Trinajstić information content (AvgIpc) is 3.85. The van der Waals surface area contributed by atoms with E-state index in [-0.39, 0.29) is 19.4 Å². The van der Waals surface area contributed by atoms with Crippen LogP contribution in [0.15, 0.2) is 36.5 Å². The van der Waals surface area contributed by atoms with E-state index >= 15 is 0 Å². The molecule has 1 aliphatic heterocycles. The molecule has 0 aromatic rings. The van der Waals surface area contributed by atoms with Crippen LogP contribution in [0.1, 0.15) is 181 Å². The summed E-state index contributed by atoms with van der Waals surface area (Å²) < 4.78 is 32.1. The Bertz CT molecular complexity index is 990. The molecule has 3 atom stereocenters. The van der Waals surface area contributed by atoms with E-state index in [4.69, 9.17) is 24.0 Å². The zero-order valence-corrected chi connectivity index (χ0v) is 33.1. The molecule has 1 aliphatic rings. The normalized spacial score (nSPS) is 16.8. The van der Waals surface area contributed by atoms with E-state index in [1.54, 1.807) is 0 Å². The van der Waals surface area contributed by atoms with Gasteiger partial charge >= 0.3 is 19.8 Å². The number of ether oxygens (including phenoxy) is 3. The highest BCUT2D eigenvalue weighted by Crippen LogP contribution is 2.36. The summed E-state index contributed by atoms with van der Waals surface area (Å²) in [5.74, 6) is -0.952. The van der Waals surface area contributed by atoms with Crippen molar-refractivity contribution in [1.82, 2.24) is 0 Å². The number of carbonyl (C=O) groups is 2. The number of esters is 2. The third-order valence-electron chi connectivity index (χ3n) is 9.06. The SMILES string of the molecule is CCCCC/C=C\CC1OC1C/C=C\C/C=C\CCCC(=O)OC[C@H](COP(=O)(O)O)OC(=O)CCCCCCCCCCCCCCCCC. The fourth-order valence-electron chi connectivity index (χ4n) is 5.88. The monoisotopic (exact) mass is 740 g/mol. The maximum Gasteiger partial charge on any atom is 0.469 e. The fraction of sp³-hybridized carbons (Fsp3) is 0.805. The summed E-state index contributed by atoms with van der Waals surface area (Å²) in [5, 5.41) is 0. The molecule has 296 valence electrons. The van der Waals surface area contributed by atoms with Gasteiger partial charge in [-0.15, -0.1) is 0 Å². The highest BCUT2D eigenvalue weighted by molar-refractivity contribution is 7.46. The Morgan fingerprint density at radius 1 is 0.608 bits per heavy atom. The predicted octanol–water partition coefficient (Wildman–Crippen LogP) is 11.2. The lowest BCUT2D eigenvalue weighted by Crippen LogP contribution is -2.29. The number of allylic oxidation sites excluding steroid dienone is 4. The minimum Gasteiger partial charge on any atom is -0.462 e. The van der Waals surface area contributed by atoms with E-state index in [0.717, 1.165) is 51.4 Å². The van der Waals surface area contributed by atoms with Crippen molar-refractivity contribution in [3.8, 4) is 0 Å². The second-order valence-corrected chi connectivity index (χ2v) is 15.2. The van der Waals surface area contributed by atoms with Crippen molar-refractivity contribution in [2.75, 3.05) is 13.2 Å². The van der Waals surface area contributed by atoms with Crippen LogP contribution < -0.4 is 0 Å². The summed E-state index contributed by atoms with van der Waals surface area (Å²) in [4.78, 5) is 42.8. The van der Waals surface area contributed by atoms with E-state index in [1.807, 2.05) is 6.08 Å². The number of phosphoric acid groups is 1. The molecule has 0 aliphatic carbocycles. The standard InChI is InChI=1S/C41H73O9P/c1-3-5-7-9-11-12-13-14-15-16-17-18-21-26-30-34-41(43)49-37(36-48-51(44,45)46)35-47-40(42)33-29-25-22-19-20-24-28-32-39-38(50-39)31-27-23-10-8-6-4-2/h19,22-24,27-28,37-39H,3-18,20-21,25-26,29-36H2,1-2H3,(H2,44,45,46)/b22-19-,27-23-,28-24-/t37-,38?,39?/m1/s1.